The summed E-state index contributed by atoms with van der Waals surface area (Å²) in [6, 6.07) is 17.4. The molecule has 5 heteroatoms. The number of likely N-dealkylation sites (tertiary alicyclic amines) is 1. The van der Waals surface area contributed by atoms with Crippen LogP contribution < -0.4 is 5.32 Å². The van der Waals surface area contributed by atoms with Crippen molar-refractivity contribution < 1.29 is 10.0 Å². The maximum atomic E-state index is 12.7. The van der Waals surface area contributed by atoms with Gasteiger partial charge in [-0.05, 0) is 31.0 Å². The number of benzene rings is 2. The average molecular weight is 323 g/mol. The quantitative estimate of drug-likeness (QED) is 0.505. The molecule has 1 aliphatic heterocycles. The van der Waals surface area contributed by atoms with Gasteiger partial charge in [-0.25, -0.2) is 0 Å². The van der Waals surface area contributed by atoms with Crippen LogP contribution in [-0.2, 0) is 11.3 Å². The van der Waals surface area contributed by atoms with Gasteiger partial charge in [-0.1, -0.05) is 53.7 Å². The number of oxime groups is 1. The molecular weight excluding hydrogens is 302 g/mol. The minimum absolute atomic E-state index is 0.0118. The average Bonchev–Trinajstić information content (AvgIpc) is 3.06. The van der Waals surface area contributed by atoms with E-state index in [0.717, 1.165) is 25.9 Å². The SMILES string of the molecule is O=C(Nc1ccccc1C=NO)[C@@H]1CCCN1Cc1ccccc1. The van der Waals surface area contributed by atoms with E-state index in [-0.39, 0.29) is 11.9 Å². The number of carbonyl (C=O) groups excluding carboxylic acids is 1. The Kier molecular flexibility index (Phi) is 5.23. The summed E-state index contributed by atoms with van der Waals surface area (Å²) in [5, 5.41) is 14.8. The lowest BCUT2D eigenvalue weighted by Gasteiger charge is -2.24. The number of hydrogen-bond acceptors (Lipinski definition) is 4. The first-order valence-electron chi connectivity index (χ1n) is 8.13. The number of para-hydroxylation sites is 1. The molecule has 2 N–H and O–H groups in total. The highest BCUT2D eigenvalue weighted by Crippen LogP contribution is 2.22. The van der Waals surface area contributed by atoms with Crippen molar-refractivity contribution in [1.82, 2.24) is 4.90 Å². The molecule has 0 aliphatic carbocycles. The van der Waals surface area contributed by atoms with E-state index in [4.69, 9.17) is 5.21 Å². The van der Waals surface area contributed by atoms with Gasteiger partial charge in [-0.15, -0.1) is 0 Å². The monoisotopic (exact) mass is 323 g/mol. The van der Waals surface area contributed by atoms with E-state index < -0.39 is 0 Å². The summed E-state index contributed by atoms with van der Waals surface area (Å²) < 4.78 is 0. The summed E-state index contributed by atoms with van der Waals surface area (Å²) in [7, 11) is 0. The zero-order valence-corrected chi connectivity index (χ0v) is 13.4. The molecule has 0 unspecified atom stereocenters. The summed E-state index contributed by atoms with van der Waals surface area (Å²) in [5.74, 6) is -0.0118. The molecule has 0 bridgehead atoms. The molecule has 0 aromatic heterocycles. The molecule has 1 fully saturated rings. The van der Waals surface area contributed by atoms with Crippen LogP contribution in [0.25, 0.3) is 0 Å². The highest BCUT2D eigenvalue weighted by Gasteiger charge is 2.30. The van der Waals surface area contributed by atoms with Crippen LogP contribution in [0.5, 0.6) is 0 Å². The predicted molar refractivity (Wildman–Crippen MR) is 94.3 cm³/mol. The first kappa shape index (κ1) is 16.2. The first-order chi connectivity index (χ1) is 11.8. The standard InChI is InChI=1S/C19H21N3O2/c23-19(21-17-10-5-4-9-16(17)13-20-24)18-11-6-12-22(18)14-15-7-2-1-3-8-15/h1-5,7-10,13,18,24H,6,11-12,14H2,(H,21,23)/t18-/m0/s1. The van der Waals surface area contributed by atoms with Gasteiger partial charge < -0.3 is 10.5 Å². The zero-order valence-electron chi connectivity index (χ0n) is 13.4. The maximum Gasteiger partial charge on any atom is 0.241 e. The van der Waals surface area contributed by atoms with Crippen molar-refractivity contribution in [3.63, 3.8) is 0 Å². The fraction of sp³-hybridized carbons (Fsp3) is 0.263. The lowest BCUT2D eigenvalue weighted by molar-refractivity contribution is -0.120. The molecule has 0 radical (unpaired) electrons. The molecule has 1 aliphatic rings. The van der Waals surface area contributed by atoms with Crippen molar-refractivity contribution >= 4 is 17.8 Å². The number of amides is 1. The van der Waals surface area contributed by atoms with Gasteiger partial charge in [0, 0.05) is 17.8 Å². The van der Waals surface area contributed by atoms with Gasteiger partial charge in [-0.2, -0.15) is 0 Å². The van der Waals surface area contributed by atoms with Gasteiger partial charge in [0.1, 0.15) is 0 Å². The van der Waals surface area contributed by atoms with Crippen LogP contribution in [0.15, 0.2) is 59.8 Å². The van der Waals surface area contributed by atoms with E-state index in [1.807, 2.05) is 36.4 Å². The number of nitrogens with one attached hydrogen (secondary N) is 1. The largest absolute Gasteiger partial charge is 0.411 e. The molecule has 24 heavy (non-hydrogen) atoms. The lowest BCUT2D eigenvalue weighted by atomic mass is 10.1. The summed E-state index contributed by atoms with van der Waals surface area (Å²) in [6.45, 7) is 1.70. The molecular formula is C19H21N3O2. The Labute approximate surface area is 141 Å². The normalized spacial score (nSPS) is 18.1. The Balaban J connectivity index is 1.70. The Morgan fingerprint density at radius 3 is 2.75 bits per heavy atom. The summed E-state index contributed by atoms with van der Waals surface area (Å²) in [5.41, 5.74) is 2.55. The van der Waals surface area contributed by atoms with E-state index in [0.29, 0.717) is 11.3 Å². The highest BCUT2D eigenvalue weighted by molar-refractivity contribution is 5.99. The topological polar surface area (TPSA) is 64.9 Å². The molecule has 3 rings (SSSR count). The summed E-state index contributed by atoms with van der Waals surface area (Å²) >= 11 is 0. The van der Waals surface area contributed by atoms with E-state index >= 15 is 0 Å². The maximum absolute atomic E-state index is 12.7. The van der Waals surface area contributed by atoms with Crippen LogP contribution in [0.3, 0.4) is 0 Å². The van der Waals surface area contributed by atoms with Crippen molar-refractivity contribution in [2.75, 3.05) is 11.9 Å². The second kappa shape index (κ2) is 7.75. The van der Waals surface area contributed by atoms with Gasteiger partial charge in [0.15, 0.2) is 0 Å². The Morgan fingerprint density at radius 2 is 1.96 bits per heavy atom. The van der Waals surface area contributed by atoms with Crippen LogP contribution in [0.2, 0.25) is 0 Å². The predicted octanol–water partition coefficient (Wildman–Crippen LogP) is 3.10. The third-order valence-electron chi connectivity index (χ3n) is 4.31. The second-order valence-corrected chi connectivity index (χ2v) is 5.94. The molecule has 2 aromatic rings. The molecule has 5 nitrogen and oxygen atoms in total. The smallest absolute Gasteiger partial charge is 0.241 e. The van der Waals surface area contributed by atoms with Crippen molar-refractivity contribution in [3.8, 4) is 0 Å². The molecule has 0 spiro atoms. The molecule has 2 aromatic carbocycles. The molecule has 0 saturated carbocycles. The minimum atomic E-state index is -0.135. The van der Waals surface area contributed by atoms with Gasteiger partial charge in [0.25, 0.3) is 0 Å². The van der Waals surface area contributed by atoms with Crippen LogP contribution in [0.1, 0.15) is 24.0 Å². The van der Waals surface area contributed by atoms with Crippen LogP contribution in [0.4, 0.5) is 5.69 Å². The van der Waals surface area contributed by atoms with Crippen molar-refractivity contribution in [2.24, 2.45) is 5.16 Å². The van der Waals surface area contributed by atoms with Gasteiger partial charge in [0.05, 0.1) is 12.3 Å². The van der Waals surface area contributed by atoms with E-state index in [2.05, 4.69) is 27.5 Å². The van der Waals surface area contributed by atoms with Gasteiger partial charge in [-0.3, -0.25) is 9.69 Å². The number of nitrogens with zero attached hydrogens (tertiary/aromatic N) is 2. The second-order valence-electron chi connectivity index (χ2n) is 5.94. The summed E-state index contributed by atoms with van der Waals surface area (Å²) in [6.07, 6.45) is 3.20. The van der Waals surface area contributed by atoms with Crippen molar-refractivity contribution in [3.05, 3.63) is 65.7 Å². The molecule has 1 heterocycles. The fourth-order valence-corrected chi connectivity index (χ4v) is 3.13. The Hall–Kier alpha value is -2.66. The van der Waals surface area contributed by atoms with E-state index in [1.54, 1.807) is 6.07 Å². The number of carbonyl (C=O) groups is 1. The zero-order chi connectivity index (χ0) is 16.8. The summed E-state index contributed by atoms with van der Waals surface area (Å²) in [4.78, 5) is 14.9. The fourth-order valence-electron chi connectivity index (χ4n) is 3.13. The van der Waals surface area contributed by atoms with Crippen molar-refractivity contribution in [2.45, 2.75) is 25.4 Å². The minimum Gasteiger partial charge on any atom is -0.411 e. The van der Waals surface area contributed by atoms with E-state index in [1.165, 1.54) is 11.8 Å². The van der Waals surface area contributed by atoms with Crippen molar-refractivity contribution in [1.29, 1.82) is 0 Å². The lowest BCUT2D eigenvalue weighted by Crippen LogP contribution is -2.39. The molecule has 1 atom stereocenters. The Bertz CT molecular complexity index is 716. The van der Waals surface area contributed by atoms with E-state index in [9.17, 15) is 4.79 Å². The Morgan fingerprint density at radius 1 is 1.21 bits per heavy atom. The molecule has 1 amide bonds. The first-order valence-corrected chi connectivity index (χ1v) is 8.13. The van der Waals surface area contributed by atoms with Crippen LogP contribution in [0, 0.1) is 0 Å². The molecule has 124 valence electrons. The third-order valence-corrected chi connectivity index (χ3v) is 4.31. The molecule has 1 saturated heterocycles. The van der Waals surface area contributed by atoms with Crippen LogP contribution in [-0.4, -0.2) is 34.8 Å². The van der Waals surface area contributed by atoms with Gasteiger partial charge >= 0.3 is 0 Å². The van der Waals surface area contributed by atoms with Crippen LogP contribution >= 0.6 is 0 Å². The van der Waals surface area contributed by atoms with Gasteiger partial charge in [0.2, 0.25) is 5.91 Å². The highest BCUT2D eigenvalue weighted by atomic mass is 16.4. The number of hydrogen-bond donors (Lipinski definition) is 2. The third kappa shape index (κ3) is 3.81. The number of anilines is 1. The number of rotatable bonds is 5.